The first-order chi connectivity index (χ1) is 9.93. The third-order valence-corrected chi connectivity index (χ3v) is 4.93. The molecule has 4 nitrogen and oxygen atoms in total. The van der Waals surface area contributed by atoms with E-state index in [2.05, 4.69) is 5.32 Å². The molecule has 0 aromatic heterocycles. The molecule has 3 rings (SSSR count). The van der Waals surface area contributed by atoms with Crippen LogP contribution in [0.2, 0.25) is 0 Å². The van der Waals surface area contributed by atoms with E-state index in [1.165, 1.54) is 0 Å². The molecular weight excluding hydrogens is 264 g/mol. The second-order valence-electron chi connectivity index (χ2n) is 6.50. The van der Waals surface area contributed by atoms with E-state index >= 15 is 0 Å². The highest BCUT2D eigenvalue weighted by molar-refractivity contribution is 5.99. The van der Waals surface area contributed by atoms with Crippen molar-refractivity contribution in [2.24, 2.45) is 5.92 Å². The van der Waals surface area contributed by atoms with Gasteiger partial charge in [0.15, 0.2) is 0 Å². The fourth-order valence-electron chi connectivity index (χ4n) is 3.15. The summed E-state index contributed by atoms with van der Waals surface area (Å²) in [6.45, 7) is 6.22. The van der Waals surface area contributed by atoms with Crippen LogP contribution in [0.3, 0.4) is 0 Å². The maximum atomic E-state index is 12.9. The summed E-state index contributed by atoms with van der Waals surface area (Å²) in [5.41, 5.74) is 1.54. The third kappa shape index (κ3) is 2.33. The molecule has 1 aliphatic heterocycles. The van der Waals surface area contributed by atoms with Gasteiger partial charge in [-0.15, -0.1) is 0 Å². The second-order valence-corrected chi connectivity index (χ2v) is 6.50. The van der Waals surface area contributed by atoms with E-state index in [1.807, 2.05) is 38.1 Å². The standard InChI is InChI=1S/C17H22N2O2/c1-11-6-4-5-7-13(11)10-19-12(2)15(20)18-17(3,16(19)21)14-8-9-14/h4-7,12,14H,8-10H2,1-3H3,(H,18,20). The van der Waals surface area contributed by atoms with Crippen LogP contribution in [0.25, 0.3) is 0 Å². The van der Waals surface area contributed by atoms with Crippen molar-refractivity contribution in [2.75, 3.05) is 0 Å². The number of benzene rings is 1. The number of piperazine rings is 1. The first-order valence-corrected chi connectivity index (χ1v) is 7.61. The number of rotatable bonds is 3. The average molecular weight is 286 g/mol. The van der Waals surface area contributed by atoms with Crippen LogP contribution in [0, 0.1) is 12.8 Å². The fourth-order valence-corrected chi connectivity index (χ4v) is 3.15. The van der Waals surface area contributed by atoms with E-state index in [0.29, 0.717) is 12.5 Å². The summed E-state index contributed by atoms with van der Waals surface area (Å²) in [6, 6.07) is 7.61. The van der Waals surface area contributed by atoms with Crippen LogP contribution in [0.4, 0.5) is 0 Å². The Bertz CT molecular complexity index is 594. The summed E-state index contributed by atoms with van der Waals surface area (Å²) in [6.07, 6.45) is 2.05. The molecule has 4 heteroatoms. The molecule has 112 valence electrons. The van der Waals surface area contributed by atoms with Gasteiger partial charge >= 0.3 is 0 Å². The molecule has 0 spiro atoms. The summed E-state index contributed by atoms with van der Waals surface area (Å²) in [4.78, 5) is 26.9. The van der Waals surface area contributed by atoms with Crippen molar-refractivity contribution in [3.63, 3.8) is 0 Å². The monoisotopic (exact) mass is 286 g/mol. The molecule has 2 aliphatic rings. The van der Waals surface area contributed by atoms with Gasteiger partial charge in [0.1, 0.15) is 11.6 Å². The Balaban J connectivity index is 1.90. The number of carbonyl (C=O) groups is 2. The van der Waals surface area contributed by atoms with Gasteiger partial charge in [0, 0.05) is 6.54 Å². The molecule has 1 heterocycles. The van der Waals surface area contributed by atoms with Gasteiger partial charge in [-0.05, 0) is 50.7 Å². The minimum Gasteiger partial charge on any atom is -0.340 e. The van der Waals surface area contributed by atoms with Gasteiger partial charge in [-0.25, -0.2) is 0 Å². The van der Waals surface area contributed by atoms with E-state index in [0.717, 1.165) is 24.0 Å². The Morgan fingerprint density at radius 3 is 2.57 bits per heavy atom. The smallest absolute Gasteiger partial charge is 0.249 e. The van der Waals surface area contributed by atoms with Crippen molar-refractivity contribution >= 4 is 11.8 Å². The van der Waals surface area contributed by atoms with Crippen LogP contribution in [0.15, 0.2) is 24.3 Å². The van der Waals surface area contributed by atoms with Gasteiger partial charge in [-0.1, -0.05) is 24.3 Å². The van der Waals surface area contributed by atoms with E-state index in [1.54, 1.807) is 11.8 Å². The molecule has 1 saturated carbocycles. The average Bonchev–Trinajstić information content (AvgIpc) is 3.28. The molecule has 21 heavy (non-hydrogen) atoms. The highest BCUT2D eigenvalue weighted by Crippen LogP contribution is 2.42. The summed E-state index contributed by atoms with van der Waals surface area (Å²) in [7, 11) is 0. The maximum absolute atomic E-state index is 12.9. The van der Waals surface area contributed by atoms with Crippen molar-refractivity contribution in [3.05, 3.63) is 35.4 Å². The SMILES string of the molecule is Cc1ccccc1CN1C(=O)C(C)(C2CC2)NC(=O)C1C. The number of carbonyl (C=O) groups excluding carboxylic acids is 2. The molecule has 1 N–H and O–H groups in total. The first-order valence-electron chi connectivity index (χ1n) is 7.61. The van der Waals surface area contributed by atoms with E-state index in [-0.39, 0.29) is 11.8 Å². The number of hydrogen-bond acceptors (Lipinski definition) is 2. The molecule has 1 saturated heterocycles. The molecule has 2 fully saturated rings. The van der Waals surface area contributed by atoms with Crippen LogP contribution in [0.1, 0.15) is 37.8 Å². The minimum absolute atomic E-state index is 0.0439. The highest BCUT2D eigenvalue weighted by atomic mass is 16.2. The number of amides is 2. The zero-order valence-corrected chi connectivity index (χ0v) is 12.8. The predicted molar refractivity (Wildman–Crippen MR) is 80.5 cm³/mol. The van der Waals surface area contributed by atoms with Gasteiger partial charge in [0.2, 0.25) is 11.8 Å². The van der Waals surface area contributed by atoms with Gasteiger partial charge in [-0.3, -0.25) is 9.59 Å². The van der Waals surface area contributed by atoms with Crippen LogP contribution < -0.4 is 5.32 Å². The summed E-state index contributed by atoms with van der Waals surface area (Å²) < 4.78 is 0. The molecule has 1 aliphatic carbocycles. The quantitative estimate of drug-likeness (QED) is 0.924. The minimum atomic E-state index is -0.716. The van der Waals surface area contributed by atoms with Crippen molar-refractivity contribution in [3.8, 4) is 0 Å². The lowest BCUT2D eigenvalue weighted by atomic mass is 9.89. The number of nitrogens with one attached hydrogen (secondary N) is 1. The predicted octanol–water partition coefficient (Wildman–Crippen LogP) is 2.01. The topological polar surface area (TPSA) is 49.4 Å². The largest absolute Gasteiger partial charge is 0.340 e. The van der Waals surface area contributed by atoms with Gasteiger partial charge in [0.05, 0.1) is 0 Å². The lowest BCUT2D eigenvalue weighted by Gasteiger charge is -2.43. The van der Waals surface area contributed by atoms with Crippen molar-refractivity contribution in [2.45, 2.75) is 51.7 Å². The van der Waals surface area contributed by atoms with Crippen LogP contribution in [-0.2, 0) is 16.1 Å². The Morgan fingerprint density at radius 2 is 1.95 bits per heavy atom. The van der Waals surface area contributed by atoms with Crippen LogP contribution in [-0.4, -0.2) is 28.3 Å². The molecular formula is C17H22N2O2. The van der Waals surface area contributed by atoms with Gasteiger partial charge in [-0.2, -0.15) is 0 Å². The molecule has 0 bridgehead atoms. The number of hydrogen-bond donors (Lipinski definition) is 1. The van der Waals surface area contributed by atoms with Crippen LogP contribution in [0.5, 0.6) is 0 Å². The third-order valence-electron chi connectivity index (χ3n) is 4.93. The highest BCUT2D eigenvalue weighted by Gasteiger charge is 2.54. The van der Waals surface area contributed by atoms with Crippen molar-refractivity contribution < 1.29 is 9.59 Å². The van der Waals surface area contributed by atoms with Gasteiger partial charge in [0.25, 0.3) is 0 Å². The van der Waals surface area contributed by atoms with E-state index in [9.17, 15) is 9.59 Å². The number of aryl methyl sites for hydroxylation is 1. The second kappa shape index (κ2) is 4.86. The summed E-state index contributed by atoms with van der Waals surface area (Å²) in [5, 5.41) is 2.95. The molecule has 0 radical (unpaired) electrons. The lowest BCUT2D eigenvalue weighted by molar-refractivity contribution is -0.155. The zero-order valence-electron chi connectivity index (χ0n) is 12.8. The lowest BCUT2D eigenvalue weighted by Crippen LogP contribution is -2.69. The van der Waals surface area contributed by atoms with Crippen molar-refractivity contribution in [1.82, 2.24) is 10.2 Å². The zero-order chi connectivity index (χ0) is 15.2. The van der Waals surface area contributed by atoms with Gasteiger partial charge < -0.3 is 10.2 Å². The molecule has 2 atom stereocenters. The van der Waals surface area contributed by atoms with Crippen molar-refractivity contribution in [1.29, 1.82) is 0 Å². The fraction of sp³-hybridized carbons (Fsp3) is 0.529. The van der Waals surface area contributed by atoms with E-state index < -0.39 is 11.6 Å². The maximum Gasteiger partial charge on any atom is 0.249 e. The summed E-state index contributed by atoms with van der Waals surface area (Å²) in [5.74, 6) is 0.304. The molecule has 2 amide bonds. The van der Waals surface area contributed by atoms with E-state index in [4.69, 9.17) is 0 Å². The first kappa shape index (κ1) is 14.1. The Hall–Kier alpha value is -1.84. The molecule has 1 aromatic rings. The Labute approximate surface area is 125 Å². The molecule has 2 unspecified atom stereocenters. The normalized spacial score (nSPS) is 29.5. The summed E-state index contributed by atoms with van der Waals surface area (Å²) >= 11 is 0. The Kier molecular flexibility index (Phi) is 3.27. The van der Waals surface area contributed by atoms with Crippen LogP contribution >= 0.6 is 0 Å². The Morgan fingerprint density at radius 1 is 1.29 bits per heavy atom. The molecule has 1 aromatic carbocycles. The number of nitrogens with zero attached hydrogens (tertiary/aromatic N) is 1.